The molecule has 1 unspecified atom stereocenters. The molecule has 0 saturated heterocycles. The molecule has 1 aromatic heterocycles. The molecule has 0 aliphatic rings. The van der Waals surface area contributed by atoms with Gasteiger partial charge in [0.05, 0.1) is 0 Å². The van der Waals surface area contributed by atoms with Gasteiger partial charge >= 0.3 is 0 Å². The van der Waals surface area contributed by atoms with Gasteiger partial charge in [-0.15, -0.1) is 6.58 Å². The van der Waals surface area contributed by atoms with Crippen LogP contribution in [0.2, 0.25) is 0 Å². The average molecular weight is 179 g/mol. The number of rotatable bonds is 4. The largest absolute Gasteiger partial charge is 0.363 e. The van der Waals surface area contributed by atoms with Gasteiger partial charge < -0.3 is 10.3 Å². The van der Waals surface area contributed by atoms with Crippen LogP contribution in [-0.2, 0) is 0 Å². The summed E-state index contributed by atoms with van der Waals surface area (Å²) in [5, 5.41) is 2.98. The first-order valence-corrected chi connectivity index (χ1v) is 4.15. The number of aromatic amines is 1. The monoisotopic (exact) mass is 179 g/mol. The van der Waals surface area contributed by atoms with Crippen LogP contribution in [0.5, 0.6) is 0 Å². The maximum atomic E-state index is 11.2. The summed E-state index contributed by atoms with van der Waals surface area (Å²) in [7, 11) is 0. The maximum absolute atomic E-state index is 11.2. The molecule has 70 valence electrons. The first-order valence-electron chi connectivity index (χ1n) is 4.15. The number of hydrogen-bond acceptors (Lipinski definition) is 3. The van der Waals surface area contributed by atoms with E-state index in [0.29, 0.717) is 5.82 Å². The summed E-state index contributed by atoms with van der Waals surface area (Å²) in [5.41, 5.74) is -0.196. The van der Waals surface area contributed by atoms with Gasteiger partial charge in [-0.2, -0.15) is 0 Å². The number of nitrogens with one attached hydrogen (secondary N) is 2. The molecule has 0 spiro atoms. The Hall–Kier alpha value is -1.58. The van der Waals surface area contributed by atoms with E-state index in [0.717, 1.165) is 6.42 Å². The molecule has 0 amide bonds. The van der Waals surface area contributed by atoms with Gasteiger partial charge in [-0.3, -0.25) is 4.79 Å². The predicted molar refractivity (Wildman–Crippen MR) is 52.8 cm³/mol. The Morgan fingerprint density at radius 1 is 1.85 bits per heavy atom. The predicted octanol–water partition coefficient (Wildman–Crippen LogP) is 1.15. The Labute approximate surface area is 76.7 Å². The number of hydrogen-bond donors (Lipinski definition) is 2. The summed E-state index contributed by atoms with van der Waals surface area (Å²) < 4.78 is 0. The van der Waals surface area contributed by atoms with Gasteiger partial charge in [0.25, 0.3) is 5.56 Å². The highest BCUT2D eigenvalue weighted by Crippen LogP contribution is 1.98. The quantitative estimate of drug-likeness (QED) is 0.681. The van der Waals surface area contributed by atoms with Crippen LogP contribution in [0.3, 0.4) is 0 Å². The third kappa shape index (κ3) is 2.74. The van der Waals surface area contributed by atoms with Crippen molar-refractivity contribution in [3.8, 4) is 0 Å². The second-order valence-electron chi connectivity index (χ2n) is 2.84. The fourth-order valence-corrected chi connectivity index (χ4v) is 0.997. The second kappa shape index (κ2) is 4.45. The van der Waals surface area contributed by atoms with Gasteiger partial charge in [-0.25, -0.2) is 4.98 Å². The zero-order chi connectivity index (χ0) is 9.68. The molecule has 0 aliphatic heterocycles. The van der Waals surface area contributed by atoms with Crippen LogP contribution >= 0.6 is 0 Å². The van der Waals surface area contributed by atoms with Crippen molar-refractivity contribution in [1.82, 2.24) is 9.97 Å². The van der Waals surface area contributed by atoms with E-state index in [1.807, 2.05) is 6.92 Å². The van der Waals surface area contributed by atoms with E-state index in [1.54, 1.807) is 12.3 Å². The van der Waals surface area contributed by atoms with Crippen molar-refractivity contribution in [3.05, 3.63) is 35.4 Å². The van der Waals surface area contributed by atoms with E-state index in [4.69, 9.17) is 0 Å². The van der Waals surface area contributed by atoms with Crippen LogP contribution in [-0.4, -0.2) is 16.0 Å². The highest BCUT2D eigenvalue weighted by Gasteiger charge is 2.02. The van der Waals surface area contributed by atoms with Crippen LogP contribution in [0.15, 0.2) is 29.8 Å². The maximum Gasteiger partial charge on any atom is 0.290 e. The first kappa shape index (κ1) is 9.51. The molecule has 1 atom stereocenters. The molecular formula is C9H13N3O. The molecule has 1 heterocycles. The lowest BCUT2D eigenvalue weighted by Gasteiger charge is -2.10. The first-order chi connectivity index (χ1) is 6.24. The SMILES string of the molecule is C=CCC(C)Nc1ncc[nH]c1=O. The summed E-state index contributed by atoms with van der Waals surface area (Å²) in [5.74, 6) is 0.358. The Kier molecular flexibility index (Phi) is 3.25. The molecule has 0 fully saturated rings. The third-order valence-electron chi connectivity index (χ3n) is 1.61. The van der Waals surface area contributed by atoms with Gasteiger partial charge in [0, 0.05) is 18.4 Å². The zero-order valence-electron chi connectivity index (χ0n) is 7.58. The van der Waals surface area contributed by atoms with Crippen molar-refractivity contribution in [3.63, 3.8) is 0 Å². The lowest BCUT2D eigenvalue weighted by Crippen LogP contribution is -2.22. The van der Waals surface area contributed by atoms with E-state index in [-0.39, 0.29) is 11.6 Å². The fourth-order valence-electron chi connectivity index (χ4n) is 0.997. The van der Waals surface area contributed by atoms with Gasteiger partial charge in [-0.1, -0.05) is 6.08 Å². The standard InChI is InChI=1S/C9H13N3O/c1-3-4-7(2)12-8-9(13)11-6-5-10-8/h3,5-7H,1,4H2,2H3,(H,10,12)(H,11,13). The van der Waals surface area contributed by atoms with Crippen molar-refractivity contribution in [2.24, 2.45) is 0 Å². The van der Waals surface area contributed by atoms with Gasteiger partial charge in [-0.05, 0) is 13.3 Å². The van der Waals surface area contributed by atoms with Crippen molar-refractivity contribution < 1.29 is 0 Å². The van der Waals surface area contributed by atoms with E-state index in [2.05, 4.69) is 21.9 Å². The molecule has 4 nitrogen and oxygen atoms in total. The fraction of sp³-hybridized carbons (Fsp3) is 0.333. The van der Waals surface area contributed by atoms with E-state index in [1.165, 1.54) is 6.20 Å². The van der Waals surface area contributed by atoms with E-state index in [9.17, 15) is 4.79 Å². The van der Waals surface area contributed by atoms with Crippen molar-refractivity contribution in [2.45, 2.75) is 19.4 Å². The lowest BCUT2D eigenvalue weighted by atomic mass is 10.2. The number of anilines is 1. The molecule has 0 saturated carbocycles. The van der Waals surface area contributed by atoms with Crippen molar-refractivity contribution in [1.29, 1.82) is 0 Å². The Morgan fingerprint density at radius 3 is 3.23 bits per heavy atom. The number of H-pyrrole nitrogens is 1. The number of aromatic nitrogens is 2. The van der Waals surface area contributed by atoms with E-state index < -0.39 is 0 Å². The summed E-state index contributed by atoms with van der Waals surface area (Å²) in [6.45, 7) is 5.59. The molecule has 0 aromatic carbocycles. The summed E-state index contributed by atoms with van der Waals surface area (Å²) in [4.78, 5) is 17.6. The van der Waals surface area contributed by atoms with Crippen LogP contribution in [0.25, 0.3) is 0 Å². The average Bonchev–Trinajstić information content (AvgIpc) is 2.09. The van der Waals surface area contributed by atoms with E-state index >= 15 is 0 Å². The highest BCUT2D eigenvalue weighted by molar-refractivity contribution is 5.31. The van der Waals surface area contributed by atoms with Crippen LogP contribution in [0.4, 0.5) is 5.82 Å². The second-order valence-corrected chi connectivity index (χ2v) is 2.84. The summed E-state index contributed by atoms with van der Waals surface area (Å²) in [6.07, 6.45) is 5.65. The smallest absolute Gasteiger partial charge is 0.290 e. The van der Waals surface area contributed by atoms with Crippen LogP contribution in [0, 0.1) is 0 Å². The van der Waals surface area contributed by atoms with Crippen molar-refractivity contribution in [2.75, 3.05) is 5.32 Å². The highest BCUT2D eigenvalue weighted by atomic mass is 16.1. The third-order valence-corrected chi connectivity index (χ3v) is 1.61. The van der Waals surface area contributed by atoms with Crippen molar-refractivity contribution >= 4 is 5.82 Å². The minimum absolute atomic E-state index is 0.175. The topological polar surface area (TPSA) is 57.8 Å². The minimum atomic E-state index is -0.196. The molecule has 1 rings (SSSR count). The molecule has 1 aromatic rings. The Bertz CT molecular complexity index is 332. The van der Waals surface area contributed by atoms with Gasteiger partial charge in [0.1, 0.15) is 0 Å². The zero-order valence-corrected chi connectivity index (χ0v) is 7.58. The molecular weight excluding hydrogens is 166 g/mol. The molecule has 2 N–H and O–H groups in total. The summed E-state index contributed by atoms with van der Waals surface area (Å²) >= 11 is 0. The molecule has 0 aliphatic carbocycles. The normalized spacial score (nSPS) is 12.1. The van der Waals surface area contributed by atoms with Crippen LogP contribution in [0.1, 0.15) is 13.3 Å². The molecule has 4 heteroatoms. The molecule has 0 radical (unpaired) electrons. The molecule has 0 bridgehead atoms. The summed E-state index contributed by atoms with van der Waals surface area (Å²) in [6, 6.07) is 0.175. The minimum Gasteiger partial charge on any atom is -0.363 e. The Morgan fingerprint density at radius 2 is 2.62 bits per heavy atom. The lowest BCUT2D eigenvalue weighted by molar-refractivity contribution is 0.803. The number of nitrogens with zero attached hydrogens (tertiary/aromatic N) is 1. The van der Waals surface area contributed by atoms with Crippen LogP contribution < -0.4 is 10.9 Å². The Balaban J connectivity index is 2.68. The molecule has 13 heavy (non-hydrogen) atoms. The van der Waals surface area contributed by atoms with Gasteiger partial charge in [0.2, 0.25) is 0 Å². The van der Waals surface area contributed by atoms with Gasteiger partial charge in [0.15, 0.2) is 5.82 Å².